The second kappa shape index (κ2) is 7.92. The number of nitrogens with zero attached hydrogens (tertiary/aromatic N) is 1. The molecule has 0 saturated carbocycles. The van der Waals surface area contributed by atoms with E-state index in [2.05, 4.69) is 15.5 Å². The zero-order valence-electron chi connectivity index (χ0n) is 11.7. The predicted octanol–water partition coefficient (Wildman–Crippen LogP) is 0.881. The van der Waals surface area contributed by atoms with Gasteiger partial charge in [0.25, 0.3) is 0 Å². The van der Waals surface area contributed by atoms with Crippen molar-refractivity contribution >= 4 is 12.0 Å². The lowest BCUT2D eigenvalue weighted by molar-refractivity contribution is -0.144. The lowest BCUT2D eigenvalue weighted by atomic mass is 9.97. The SMILES string of the molecule is CCCC(C)(NC(=O)NCCN(C)CC)C(=O)O. The summed E-state index contributed by atoms with van der Waals surface area (Å²) in [7, 11) is 1.96. The van der Waals surface area contributed by atoms with Gasteiger partial charge in [-0.1, -0.05) is 20.3 Å². The topological polar surface area (TPSA) is 81.7 Å². The molecule has 6 heteroatoms. The van der Waals surface area contributed by atoms with Crippen LogP contribution < -0.4 is 10.6 Å². The van der Waals surface area contributed by atoms with Crippen LogP contribution in [0.3, 0.4) is 0 Å². The fourth-order valence-electron chi connectivity index (χ4n) is 1.54. The second-order valence-electron chi connectivity index (χ2n) is 4.66. The van der Waals surface area contributed by atoms with Crippen LogP contribution in [0.4, 0.5) is 4.79 Å². The molecule has 6 nitrogen and oxygen atoms in total. The van der Waals surface area contributed by atoms with Crippen molar-refractivity contribution in [3.05, 3.63) is 0 Å². The molecule has 0 spiro atoms. The van der Waals surface area contributed by atoms with Crippen molar-refractivity contribution in [2.45, 2.75) is 39.2 Å². The van der Waals surface area contributed by atoms with Crippen LogP contribution in [0.1, 0.15) is 33.6 Å². The van der Waals surface area contributed by atoms with Gasteiger partial charge in [0.15, 0.2) is 0 Å². The van der Waals surface area contributed by atoms with E-state index in [1.54, 1.807) is 0 Å². The maximum Gasteiger partial charge on any atom is 0.329 e. The number of hydrogen-bond donors (Lipinski definition) is 3. The van der Waals surface area contributed by atoms with E-state index < -0.39 is 17.5 Å². The average Bonchev–Trinajstić information content (AvgIpc) is 2.28. The first-order chi connectivity index (χ1) is 8.35. The summed E-state index contributed by atoms with van der Waals surface area (Å²) in [5, 5.41) is 14.3. The highest BCUT2D eigenvalue weighted by Crippen LogP contribution is 2.12. The number of urea groups is 1. The lowest BCUT2D eigenvalue weighted by Crippen LogP contribution is -2.55. The van der Waals surface area contributed by atoms with Crippen molar-refractivity contribution in [1.82, 2.24) is 15.5 Å². The Morgan fingerprint density at radius 3 is 2.39 bits per heavy atom. The molecule has 0 aromatic rings. The van der Waals surface area contributed by atoms with Gasteiger partial charge >= 0.3 is 12.0 Å². The van der Waals surface area contributed by atoms with Crippen molar-refractivity contribution in [2.75, 3.05) is 26.7 Å². The van der Waals surface area contributed by atoms with Crippen LogP contribution in [0.25, 0.3) is 0 Å². The summed E-state index contributed by atoms with van der Waals surface area (Å²) in [6, 6.07) is -0.433. The summed E-state index contributed by atoms with van der Waals surface area (Å²) >= 11 is 0. The molecular formula is C12H25N3O3. The Labute approximate surface area is 109 Å². The van der Waals surface area contributed by atoms with Gasteiger partial charge in [-0.15, -0.1) is 0 Å². The Balaban J connectivity index is 4.15. The summed E-state index contributed by atoms with van der Waals surface area (Å²) in [5.74, 6) is -1.01. The Kier molecular flexibility index (Phi) is 7.35. The molecular weight excluding hydrogens is 234 g/mol. The van der Waals surface area contributed by atoms with Gasteiger partial charge in [-0.2, -0.15) is 0 Å². The summed E-state index contributed by atoms with van der Waals surface area (Å²) in [6.45, 7) is 7.59. The number of aliphatic carboxylic acids is 1. The van der Waals surface area contributed by atoms with E-state index in [1.807, 2.05) is 20.9 Å². The lowest BCUT2D eigenvalue weighted by Gasteiger charge is -2.26. The smallest absolute Gasteiger partial charge is 0.329 e. The molecule has 0 rings (SSSR count). The van der Waals surface area contributed by atoms with Gasteiger partial charge in [0.05, 0.1) is 0 Å². The maximum atomic E-state index is 11.6. The van der Waals surface area contributed by atoms with Gasteiger partial charge < -0.3 is 20.6 Å². The third-order valence-electron chi connectivity index (χ3n) is 2.93. The third-order valence-corrected chi connectivity index (χ3v) is 2.93. The van der Waals surface area contributed by atoms with E-state index in [4.69, 9.17) is 5.11 Å². The second-order valence-corrected chi connectivity index (χ2v) is 4.66. The minimum Gasteiger partial charge on any atom is -0.480 e. The van der Waals surface area contributed by atoms with E-state index in [-0.39, 0.29) is 0 Å². The maximum absolute atomic E-state index is 11.6. The third kappa shape index (κ3) is 5.86. The zero-order chi connectivity index (χ0) is 14.2. The number of carboxylic acids is 1. The molecule has 0 heterocycles. The normalized spacial score (nSPS) is 14.1. The van der Waals surface area contributed by atoms with Crippen molar-refractivity contribution in [1.29, 1.82) is 0 Å². The minimum atomic E-state index is -1.20. The molecule has 0 fully saturated rings. The number of carbonyl (C=O) groups excluding carboxylic acids is 1. The highest BCUT2D eigenvalue weighted by Gasteiger charge is 2.33. The molecule has 106 valence electrons. The van der Waals surface area contributed by atoms with E-state index in [1.165, 1.54) is 6.92 Å². The molecule has 2 amide bonds. The molecule has 1 unspecified atom stereocenters. The van der Waals surface area contributed by atoms with Crippen LogP contribution in [-0.4, -0.2) is 54.2 Å². The largest absolute Gasteiger partial charge is 0.480 e. The molecule has 0 aromatic heterocycles. The number of carbonyl (C=O) groups is 2. The van der Waals surface area contributed by atoms with Gasteiger partial charge in [-0.3, -0.25) is 0 Å². The van der Waals surface area contributed by atoms with Crippen LogP contribution in [-0.2, 0) is 4.79 Å². The van der Waals surface area contributed by atoms with Gasteiger partial charge in [0.2, 0.25) is 0 Å². The van der Waals surface area contributed by atoms with Gasteiger partial charge in [-0.25, -0.2) is 9.59 Å². The van der Waals surface area contributed by atoms with Gasteiger partial charge in [0.1, 0.15) is 5.54 Å². The Bertz CT molecular complexity index is 284. The molecule has 0 aliphatic carbocycles. The van der Waals surface area contributed by atoms with Crippen LogP contribution in [0.15, 0.2) is 0 Å². The van der Waals surface area contributed by atoms with Crippen molar-refractivity contribution in [3.8, 4) is 0 Å². The number of nitrogens with one attached hydrogen (secondary N) is 2. The highest BCUT2D eigenvalue weighted by molar-refractivity contribution is 5.85. The Morgan fingerprint density at radius 2 is 1.94 bits per heavy atom. The van der Waals surface area contributed by atoms with E-state index >= 15 is 0 Å². The van der Waals surface area contributed by atoms with Crippen molar-refractivity contribution < 1.29 is 14.7 Å². The Morgan fingerprint density at radius 1 is 1.33 bits per heavy atom. The number of amides is 2. The summed E-state index contributed by atoms with van der Waals surface area (Å²) in [6.07, 6.45) is 1.10. The molecule has 18 heavy (non-hydrogen) atoms. The molecule has 0 bridgehead atoms. The molecule has 0 radical (unpaired) electrons. The summed E-state index contributed by atoms with van der Waals surface area (Å²) in [4.78, 5) is 24.8. The summed E-state index contributed by atoms with van der Waals surface area (Å²) in [5.41, 5.74) is -1.20. The number of rotatable bonds is 8. The fourth-order valence-corrected chi connectivity index (χ4v) is 1.54. The first kappa shape index (κ1) is 16.7. The van der Waals surface area contributed by atoms with E-state index in [0.29, 0.717) is 19.4 Å². The predicted molar refractivity (Wildman–Crippen MR) is 70.7 cm³/mol. The first-order valence-electron chi connectivity index (χ1n) is 6.33. The van der Waals surface area contributed by atoms with Crippen LogP contribution in [0, 0.1) is 0 Å². The molecule has 0 saturated heterocycles. The fraction of sp³-hybridized carbons (Fsp3) is 0.833. The molecule has 3 N–H and O–H groups in total. The minimum absolute atomic E-state index is 0.407. The highest BCUT2D eigenvalue weighted by atomic mass is 16.4. The zero-order valence-corrected chi connectivity index (χ0v) is 11.7. The van der Waals surface area contributed by atoms with E-state index in [0.717, 1.165) is 13.1 Å². The van der Waals surface area contributed by atoms with Crippen LogP contribution in [0.2, 0.25) is 0 Å². The standard InChI is InChI=1S/C12H25N3O3/c1-5-7-12(3,10(16)17)14-11(18)13-8-9-15(4)6-2/h5-9H2,1-4H3,(H,16,17)(H2,13,14,18). The number of hydrogen-bond acceptors (Lipinski definition) is 3. The van der Waals surface area contributed by atoms with Crippen molar-refractivity contribution in [2.24, 2.45) is 0 Å². The quantitative estimate of drug-likeness (QED) is 0.604. The van der Waals surface area contributed by atoms with Crippen LogP contribution >= 0.6 is 0 Å². The molecule has 0 aromatic carbocycles. The number of carboxylic acid groups (broad SMARTS) is 1. The summed E-state index contributed by atoms with van der Waals surface area (Å²) < 4.78 is 0. The average molecular weight is 259 g/mol. The van der Waals surface area contributed by atoms with Gasteiger partial charge in [-0.05, 0) is 26.9 Å². The Hall–Kier alpha value is -1.30. The molecule has 1 atom stereocenters. The van der Waals surface area contributed by atoms with Crippen molar-refractivity contribution in [3.63, 3.8) is 0 Å². The number of likely N-dealkylation sites (N-methyl/N-ethyl adjacent to an activating group) is 1. The van der Waals surface area contributed by atoms with E-state index in [9.17, 15) is 9.59 Å². The first-order valence-corrected chi connectivity index (χ1v) is 6.33. The molecule has 0 aliphatic rings. The van der Waals surface area contributed by atoms with Gasteiger partial charge in [0, 0.05) is 13.1 Å². The monoisotopic (exact) mass is 259 g/mol. The van der Waals surface area contributed by atoms with Crippen LogP contribution in [0.5, 0.6) is 0 Å². The molecule has 0 aliphatic heterocycles.